The summed E-state index contributed by atoms with van der Waals surface area (Å²) in [6, 6.07) is 0.859. The maximum absolute atomic E-state index is 6.44. The van der Waals surface area contributed by atoms with E-state index in [1.165, 1.54) is 51.5 Å². The van der Waals surface area contributed by atoms with E-state index >= 15 is 0 Å². The van der Waals surface area contributed by atoms with Crippen LogP contribution in [0.3, 0.4) is 0 Å². The molecule has 100 valence electrons. The molecule has 0 bridgehead atoms. The molecule has 3 atom stereocenters. The molecule has 1 saturated carbocycles. The number of piperidine rings is 1. The molecule has 1 aliphatic carbocycles. The van der Waals surface area contributed by atoms with Gasteiger partial charge in [0.05, 0.1) is 0 Å². The number of likely N-dealkylation sites (tertiary alicyclic amines) is 1. The van der Waals surface area contributed by atoms with Crippen LogP contribution in [-0.2, 0) is 0 Å². The Morgan fingerprint density at radius 2 is 1.88 bits per heavy atom. The predicted octanol–water partition coefficient (Wildman–Crippen LogP) is 3.16. The standard InChI is InChI=1S/C15H30N2/c1-3-10-15(2,16)12-17-11-6-8-13-7-4-5-9-14(13)17/h13-14H,3-12,16H2,1-2H3/t13-,14-,15?/m1/s1. The van der Waals surface area contributed by atoms with Crippen molar-refractivity contribution in [3.8, 4) is 0 Å². The van der Waals surface area contributed by atoms with Crippen molar-refractivity contribution in [3.63, 3.8) is 0 Å². The fourth-order valence-electron chi connectivity index (χ4n) is 4.04. The molecule has 2 rings (SSSR count). The summed E-state index contributed by atoms with van der Waals surface area (Å²) in [5.74, 6) is 0.981. The first-order valence-electron chi connectivity index (χ1n) is 7.65. The van der Waals surface area contributed by atoms with Crippen molar-refractivity contribution in [2.24, 2.45) is 11.7 Å². The molecule has 2 fully saturated rings. The van der Waals surface area contributed by atoms with Gasteiger partial charge in [-0.1, -0.05) is 26.2 Å². The Bertz CT molecular complexity index is 235. The molecule has 2 heteroatoms. The van der Waals surface area contributed by atoms with E-state index in [-0.39, 0.29) is 5.54 Å². The number of nitrogens with two attached hydrogens (primary N) is 1. The first-order valence-corrected chi connectivity index (χ1v) is 7.65. The summed E-state index contributed by atoms with van der Waals surface area (Å²) in [6.45, 7) is 6.88. The first kappa shape index (κ1) is 13.4. The zero-order valence-electron chi connectivity index (χ0n) is 11.8. The number of hydrogen-bond donors (Lipinski definition) is 1. The average molecular weight is 238 g/mol. The van der Waals surface area contributed by atoms with Crippen LogP contribution >= 0.6 is 0 Å². The van der Waals surface area contributed by atoms with Crippen molar-refractivity contribution < 1.29 is 0 Å². The van der Waals surface area contributed by atoms with Gasteiger partial charge in [-0.3, -0.25) is 4.90 Å². The van der Waals surface area contributed by atoms with E-state index in [1.54, 1.807) is 0 Å². The highest BCUT2D eigenvalue weighted by atomic mass is 15.2. The molecule has 2 N–H and O–H groups in total. The van der Waals surface area contributed by atoms with Crippen molar-refractivity contribution in [1.29, 1.82) is 0 Å². The van der Waals surface area contributed by atoms with E-state index in [4.69, 9.17) is 5.73 Å². The van der Waals surface area contributed by atoms with E-state index in [9.17, 15) is 0 Å². The fraction of sp³-hybridized carbons (Fsp3) is 1.00. The zero-order chi connectivity index (χ0) is 12.3. The molecular weight excluding hydrogens is 208 g/mol. The summed E-state index contributed by atoms with van der Waals surface area (Å²) < 4.78 is 0. The summed E-state index contributed by atoms with van der Waals surface area (Å²) in [7, 11) is 0. The quantitative estimate of drug-likeness (QED) is 0.815. The molecule has 0 aromatic rings. The number of hydrogen-bond acceptors (Lipinski definition) is 2. The van der Waals surface area contributed by atoms with Crippen LogP contribution in [0.25, 0.3) is 0 Å². The monoisotopic (exact) mass is 238 g/mol. The van der Waals surface area contributed by atoms with E-state index in [0.29, 0.717) is 0 Å². The Morgan fingerprint density at radius 1 is 1.18 bits per heavy atom. The molecule has 17 heavy (non-hydrogen) atoms. The molecule has 0 spiro atoms. The van der Waals surface area contributed by atoms with Crippen LogP contribution in [0.2, 0.25) is 0 Å². The summed E-state index contributed by atoms with van der Waals surface area (Å²) in [5.41, 5.74) is 6.46. The third-order valence-electron chi connectivity index (χ3n) is 4.74. The van der Waals surface area contributed by atoms with Crippen LogP contribution in [0.1, 0.15) is 65.2 Å². The van der Waals surface area contributed by atoms with Crippen LogP contribution in [0, 0.1) is 5.92 Å². The van der Waals surface area contributed by atoms with Crippen molar-refractivity contribution in [3.05, 3.63) is 0 Å². The second kappa shape index (κ2) is 5.71. The topological polar surface area (TPSA) is 29.3 Å². The van der Waals surface area contributed by atoms with Gasteiger partial charge in [0.2, 0.25) is 0 Å². The van der Waals surface area contributed by atoms with E-state index < -0.39 is 0 Å². The summed E-state index contributed by atoms with van der Waals surface area (Å²) >= 11 is 0. The SMILES string of the molecule is CCCC(C)(N)CN1CCC[C@H]2CCCC[C@H]21. The first-order chi connectivity index (χ1) is 8.12. The van der Waals surface area contributed by atoms with Crippen LogP contribution < -0.4 is 5.73 Å². The van der Waals surface area contributed by atoms with Crippen LogP contribution in [-0.4, -0.2) is 29.6 Å². The lowest BCUT2D eigenvalue weighted by Gasteiger charge is -2.46. The molecule has 0 radical (unpaired) electrons. The molecule has 0 amide bonds. The number of fused-ring (bicyclic) bond motifs is 1. The zero-order valence-corrected chi connectivity index (χ0v) is 11.8. The van der Waals surface area contributed by atoms with Crippen LogP contribution in [0.15, 0.2) is 0 Å². The Morgan fingerprint density at radius 3 is 2.65 bits per heavy atom. The van der Waals surface area contributed by atoms with Crippen molar-refractivity contribution >= 4 is 0 Å². The highest BCUT2D eigenvalue weighted by molar-refractivity contribution is 4.92. The molecule has 1 unspecified atom stereocenters. The van der Waals surface area contributed by atoms with Crippen molar-refractivity contribution in [2.45, 2.75) is 76.8 Å². The van der Waals surface area contributed by atoms with Crippen molar-refractivity contribution in [1.82, 2.24) is 4.90 Å². The molecule has 2 nitrogen and oxygen atoms in total. The largest absolute Gasteiger partial charge is 0.324 e. The summed E-state index contributed by atoms with van der Waals surface area (Å²) in [6.07, 6.45) is 11.0. The van der Waals surface area contributed by atoms with Gasteiger partial charge in [0.15, 0.2) is 0 Å². The average Bonchev–Trinajstić information content (AvgIpc) is 2.29. The highest BCUT2D eigenvalue weighted by Crippen LogP contribution is 2.35. The third-order valence-corrected chi connectivity index (χ3v) is 4.74. The van der Waals surface area contributed by atoms with Crippen LogP contribution in [0.5, 0.6) is 0 Å². The van der Waals surface area contributed by atoms with E-state index in [2.05, 4.69) is 18.7 Å². The Kier molecular flexibility index (Phi) is 4.48. The molecule has 2 aliphatic rings. The second-order valence-corrected chi connectivity index (χ2v) is 6.63. The fourth-order valence-corrected chi connectivity index (χ4v) is 4.04. The van der Waals surface area contributed by atoms with Gasteiger partial charge in [-0.15, -0.1) is 0 Å². The number of nitrogens with zero attached hydrogens (tertiary/aromatic N) is 1. The molecule has 1 aliphatic heterocycles. The van der Waals surface area contributed by atoms with E-state index in [0.717, 1.165) is 24.9 Å². The Labute approximate surface area is 107 Å². The maximum atomic E-state index is 6.44. The van der Waals surface area contributed by atoms with Gasteiger partial charge in [0.25, 0.3) is 0 Å². The minimum atomic E-state index is 0.0219. The van der Waals surface area contributed by atoms with Gasteiger partial charge >= 0.3 is 0 Å². The minimum absolute atomic E-state index is 0.0219. The van der Waals surface area contributed by atoms with Crippen molar-refractivity contribution in [2.75, 3.05) is 13.1 Å². The summed E-state index contributed by atoms with van der Waals surface area (Å²) in [5, 5.41) is 0. The predicted molar refractivity (Wildman–Crippen MR) is 74.1 cm³/mol. The molecule has 1 saturated heterocycles. The molecular formula is C15H30N2. The lowest BCUT2D eigenvalue weighted by Crippen LogP contribution is -2.55. The maximum Gasteiger partial charge on any atom is 0.0254 e. The normalized spacial score (nSPS) is 34.1. The summed E-state index contributed by atoms with van der Waals surface area (Å²) in [4.78, 5) is 2.73. The van der Waals surface area contributed by atoms with E-state index in [1.807, 2.05) is 0 Å². The lowest BCUT2D eigenvalue weighted by molar-refractivity contribution is 0.0434. The minimum Gasteiger partial charge on any atom is -0.324 e. The second-order valence-electron chi connectivity index (χ2n) is 6.63. The Balaban J connectivity index is 1.94. The van der Waals surface area contributed by atoms with Gasteiger partial charge in [-0.25, -0.2) is 0 Å². The number of rotatable bonds is 4. The van der Waals surface area contributed by atoms with Gasteiger partial charge in [0, 0.05) is 18.1 Å². The Hall–Kier alpha value is -0.0800. The van der Waals surface area contributed by atoms with Gasteiger partial charge in [-0.2, -0.15) is 0 Å². The molecule has 0 aromatic heterocycles. The van der Waals surface area contributed by atoms with Crippen LogP contribution in [0.4, 0.5) is 0 Å². The van der Waals surface area contributed by atoms with Gasteiger partial charge in [0.1, 0.15) is 0 Å². The van der Waals surface area contributed by atoms with Gasteiger partial charge in [-0.05, 0) is 51.5 Å². The molecule has 1 heterocycles. The highest BCUT2D eigenvalue weighted by Gasteiger charge is 2.35. The lowest BCUT2D eigenvalue weighted by atomic mass is 9.77. The van der Waals surface area contributed by atoms with Gasteiger partial charge < -0.3 is 5.73 Å². The smallest absolute Gasteiger partial charge is 0.0254 e. The third kappa shape index (κ3) is 3.45. The molecule has 0 aromatic carbocycles.